The topological polar surface area (TPSA) is 49.9 Å². The van der Waals surface area contributed by atoms with Crippen molar-refractivity contribution in [3.8, 4) is 0 Å². The van der Waals surface area contributed by atoms with Gasteiger partial charge in [-0.3, -0.25) is 4.90 Å². The Labute approximate surface area is 222 Å². The molecule has 4 rings (SSSR count). The Morgan fingerprint density at radius 3 is 2.11 bits per heavy atom. The average Bonchev–Trinajstić information content (AvgIpc) is 2.88. The van der Waals surface area contributed by atoms with Crippen LogP contribution in [0.1, 0.15) is 22.8 Å². The molecule has 0 amide bonds. The van der Waals surface area contributed by atoms with Crippen molar-refractivity contribution in [1.29, 1.82) is 0 Å². The number of sulfonamides is 1. The highest BCUT2D eigenvalue weighted by Gasteiger charge is 2.34. The van der Waals surface area contributed by atoms with E-state index in [-0.39, 0.29) is 44.9 Å². The first kappa shape index (κ1) is 28.4. The summed E-state index contributed by atoms with van der Waals surface area (Å²) >= 11 is 5.99. The zero-order chi connectivity index (χ0) is 27.5. The molecule has 0 aromatic heterocycles. The van der Waals surface area contributed by atoms with Crippen molar-refractivity contribution in [1.82, 2.24) is 9.21 Å². The molecule has 38 heavy (non-hydrogen) atoms. The number of alkyl halides is 3. The summed E-state index contributed by atoms with van der Waals surface area (Å²) in [6.07, 6.45) is -5.27. The zero-order valence-electron chi connectivity index (χ0n) is 20.0. The van der Waals surface area contributed by atoms with E-state index in [0.29, 0.717) is 16.7 Å². The van der Waals surface area contributed by atoms with E-state index < -0.39 is 44.4 Å². The van der Waals surface area contributed by atoms with Crippen LogP contribution in [0.5, 0.6) is 0 Å². The van der Waals surface area contributed by atoms with Gasteiger partial charge in [-0.15, -0.1) is 0 Å². The van der Waals surface area contributed by atoms with Crippen LogP contribution in [0.4, 0.5) is 22.0 Å². The lowest BCUT2D eigenvalue weighted by atomic mass is 10.1. The van der Waals surface area contributed by atoms with Gasteiger partial charge in [0.15, 0.2) is 0 Å². The molecule has 1 unspecified atom stereocenters. The second-order valence-electron chi connectivity index (χ2n) is 8.78. The Hall–Kier alpha value is -2.57. The van der Waals surface area contributed by atoms with E-state index in [1.165, 1.54) is 6.07 Å². The van der Waals surface area contributed by atoms with Crippen LogP contribution in [-0.2, 0) is 27.5 Å². The molecule has 1 aliphatic rings. The minimum Gasteiger partial charge on any atom is -0.367 e. The fourth-order valence-electron chi connectivity index (χ4n) is 4.15. The summed E-state index contributed by atoms with van der Waals surface area (Å²) in [6.45, 7) is 0.617. The van der Waals surface area contributed by atoms with Gasteiger partial charge in [-0.2, -0.15) is 17.5 Å². The van der Waals surface area contributed by atoms with Crippen LogP contribution in [0.25, 0.3) is 0 Å². The Morgan fingerprint density at radius 1 is 0.895 bits per heavy atom. The smallest absolute Gasteiger partial charge is 0.367 e. The highest BCUT2D eigenvalue weighted by atomic mass is 35.5. The molecular formula is C26H24ClF5N2O3S. The molecule has 1 saturated heterocycles. The number of piperazine rings is 1. The molecule has 5 nitrogen and oxygen atoms in total. The van der Waals surface area contributed by atoms with E-state index in [1.54, 1.807) is 24.3 Å². The summed E-state index contributed by atoms with van der Waals surface area (Å²) in [6, 6.07) is 14.0. The summed E-state index contributed by atoms with van der Waals surface area (Å²) in [7, 11) is -4.13. The molecule has 12 heteroatoms. The van der Waals surface area contributed by atoms with E-state index in [9.17, 15) is 30.4 Å². The van der Waals surface area contributed by atoms with E-state index >= 15 is 0 Å². The molecule has 1 heterocycles. The monoisotopic (exact) mass is 574 g/mol. The van der Waals surface area contributed by atoms with Gasteiger partial charge in [-0.1, -0.05) is 35.9 Å². The van der Waals surface area contributed by atoms with Crippen LogP contribution in [-0.4, -0.2) is 50.3 Å². The third-order valence-electron chi connectivity index (χ3n) is 6.29. The van der Waals surface area contributed by atoms with Crippen LogP contribution in [0.15, 0.2) is 71.6 Å². The van der Waals surface area contributed by atoms with E-state index in [0.717, 1.165) is 34.6 Å². The first-order chi connectivity index (χ1) is 17.9. The molecule has 1 atom stereocenters. The van der Waals surface area contributed by atoms with Crippen LogP contribution in [0, 0.1) is 11.6 Å². The van der Waals surface area contributed by atoms with Gasteiger partial charge in [-0.05, 0) is 48.0 Å². The third-order valence-corrected chi connectivity index (χ3v) is 8.43. The average molecular weight is 575 g/mol. The van der Waals surface area contributed by atoms with Gasteiger partial charge in [-0.25, -0.2) is 17.2 Å². The van der Waals surface area contributed by atoms with Crippen molar-refractivity contribution in [3.05, 3.63) is 100 Å². The molecule has 0 spiro atoms. The van der Waals surface area contributed by atoms with Gasteiger partial charge in [0.2, 0.25) is 10.0 Å². The molecule has 0 N–H and O–H groups in total. The van der Waals surface area contributed by atoms with Gasteiger partial charge in [0.25, 0.3) is 0 Å². The maximum atomic E-state index is 14.1. The summed E-state index contributed by atoms with van der Waals surface area (Å²) in [5.41, 5.74) is -0.528. The molecule has 3 aromatic carbocycles. The molecule has 0 saturated carbocycles. The highest BCUT2D eigenvalue weighted by molar-refractivity contribution is 7.89. The van der Waals surface area contributed by atoms with Crippen molar-refractivity contribution in [3.63, 3.8) is 0 Å². The standard InChI is InChI=1S/C26H24ClF5N2O3S/c27-20-9-7-18(8-10-20)25(37-17-22-23(28)5-2-6-24(22)29)16-33-11-13-34(14-12-33)38(35,36)21-4-1-3-19(15-21)26(30,31)32/h1-10,15,25H,11-14,16-17H2. The quantitative estimate of drug-likeness (QED) is 0.314. The van der Waals surface area contributed by atoms with Gasteiger partial charge >= 0.3 is 6.18 Å². The van der Waals surface area contributed by atoms with Crippen LogP contribution in [0.2, 0.25) is 5.02 Å². The summed E-state index contributed by atoms with van der Waals surface area (Å²) in [4.78, 5) is 1.50. The highest BCUT2D eigenvalue weighted by Crippen LogP contribution is 2.31. The predicted octanol–water partition coefficient (Wildman–Crippen LogP) is 5.90. The second-order valence-corrected chi connectivity index (χ2v) is 11.2. The Morgan fingerprint density at radius 2 is 1.50 bits per heavy atom. The summed E-state index contributed by atoms with van der Waals surface area (Å²) in [5, 5.41) is 0.501. The van der Waals surface area contributed by atoms with Gasteiger partial charge < -0.3 is 4.74 Å². The number of hydrogen-bond acceptors (Lipinski definition) is 4. The third kappa shape index (κ3) is 6.70. The van der Waals surface area contributed by atoms with Crippen molar-refractivity contribution < 1.29 is 35.1 Å². The number of benzene rings is 3. The van der Waals surface area contributed by atoms with E-state index in [4.69, 9.17) is 16.3 Å². The maximum absolute atomic E-state index is 14.1. The molecule has 0 bridgehead atoms. The first-order valence-electron chi connectivity index (χ1n) is 11.6. The fraction of sp³-hybridized carbons (Fsp3) is 0.308. The minimum absolute atomic E-state index is 0.0495. The Bertz CT molecular complexity index is 1340. The first-order valence-corrected chi connectivity index (χ1v) is 13.5. The normalized spacial score (nSPS) is 16.5. The number of ether oxygens (including phenoxy) is 1. The number of halogens is 6. The number of hydrogen-bond donors (Lipinski definition) is 0. The van der Waals surface area contributed by atoms with Crippen molar-refractivity contribution in [2.45, 2.75) is 23.8 Å². The molecule has 204 valence electrons. The van der Waals surface area contributed by atoms with Crippen LogP contribution >= 0.6 is 11.6 Å². The van der Waals surface area contributed by atoms with E-state index in [2.05, 4.69) is 0 Å². The number of nitrogens with zero attached hydrogens (tertiary/aromatic N) is 2. The minimum atomic E-state index is -4.66. The van der Waals surface area contributed by atoms with Gasteiger partial charge in [0.1, 0.15) is 11.6 Å². The molecule has 3 aromatic rings. The maximum Gasteiger partial charge on any atom is 0.416 e. The van der Waals surface area contributed by atoms with Gasteiger partial charge in [0, 0.05) is 43.3 Å². The van der Waals surface area contributed by atoms with E-state index in [1.807, 2.05) is 4.90 Å². The molecule has 0 radical (unpaired) electrons. The zero-order valence-corrected chi connectivity index (χ0v) is 21.5. The van der Waals surface area contributed by atoms with Gasteiger partial charge in [0.05, 0.1) is 23.2 Å². The molecule has 1 aliphatic heterocycles. The summed E-state index contributed by atoms with van der Waals surface area (Å²) < 4.78 is 101. The largest absolute Gasteiger partial charge is 0.416 e. The molecule has 1 fully saturated rings. The SMILES string of the molecule is O=S(=O)(c1cccc(C(F)(F)F)c1)N1CCN(CC(OCc2c(F)cccc2F)c2ccc(Cl)cc2)CC1. The lowest BCUT2D eigenvalue weighted by molar-refractivity contribution is -0.137. The predicted molar refractivity (Wildman–Crippen MR) is 132 cm³/mol. The van der Waals surface area contributed by atoms with Crippen molar-refractivity contribution in [2.75, 3.05) is 32.7 Å². The lowest BCUT2D eigenvalue weighted by Gasteiger charge is -2.36. The van der Waals surface area contributed by atoms with Crippen molar-refractivity contribution >= 4 is 21.6 Å². The summed E-state index contributed by atoms with van der Waals surface area (Å²) in [5.74, 6) is -1.46. The number of rotatable bonds is 8. The Kier molecular flexibility index (Phi) is 8.73. The Balaban J connectivity index is 1.45. The second kappa shape index (κ2) is 11.7. The van der Waals surface area contributed by atoms with Crippen LogP contribution in [0.3, 0.4) is 0 Å². The lowest BCUT2D eigenvalue weighted by Crippen LogP contribution is -2.49. The van der Waals surface area contributed by atoms with Crippen LogP contribution < -0.4 is 0 Å². The fourth-order valence-corrected chi connectivity index (χ4v) is 5.75. The van der Waals surface area contributed by atoms with Crippen molar-refractivity contribution in [2.24, 2.45) is 0 Å². The molecular weight excluding hydrogens is 551 g/mol. The molecule has 0 aliphatic carbocycles.